The number of fused-ring (bicyclic) bond motifs is 1. The smallest absolute Gasteiger partial charge is 0.270 e. The van der Waals surface area contributed by atoms with Gasteiger partial charge in [0.15, 0.2) is 4.80 Å². The number of rotatable bonds is 3. The first-order valence-electron chi connectivity index (χ1n) is 7.35. The first-order valence-corrected chi connectivity index (χ1v) is 8.17. The summed E-state index contributed by atoms with van der Waals surface area (Å²) in [5.74, 6) is 0. The van der Waals surface area contributed by atoms with Gasteiger partial charge in [-0.25, -0.2) is 0 Å². The molecule has 1 aromatic carbocycles. The van der Waals surface area contributed by atoms with Gasteiger partial charge in [0.05, 0.1) is 4.53 Å². The Balaban J connectivity index is 1.85. The molecule has 22 heavy (non-hydrogen) atoms. The Labute approximate surface area is 133 Å². The Kier molecular flexibility index (Phi) is 4.24. The van der Waals surface area contributed by atoms with Crippen LogP contribution in [0.3, 0.4) is 0 Å². The van der Waals surface area contributed by atoms with Gasteiger partial charge in [-0.05, 0) is 30.2 Å². The van der Waals surface area contributed by atoms with Crippen LogP contribution < -0.4 is 19.8 Å². The van der Waals surface area contributed by atoms with Crippen LogP contribution in [-0.4, -0.2) is 25.2 Å². The summed E-state index contributed by atoms with van der Waals surface area (Å²) >= 11 is 1.47. The maximum absolute atomic E-state index is 12.2. The molecule has 1 aliphatic heterocycles. The molecule has 0 radical (unpaired) electrons. The molecule has 4 nitrogen and oxygen atoms in total. The number of hydrogen-bond donors (Lipinski definition) is 0. The lowest BCUT2D eigenvalue weighted by atomic mass is 10.2. The Morgan fingerprint density at radius 2 is 2.05 bits per heavy atom. The third-order valence-electron chi connectivity index (χ3n) is 3.62. The van der Waals surface area contributed by atoms with Crippen molar-refractivity contribution in [2.24, 2.45) is 4.99 Å². The van der Waals surface area contributed by atoms with Crippen molar-refractivity contribution in [1.82, 2.24) is 4.57 Å². The number of aromatic nitrogens is 1. The van der Waals surface area contributed by atoms with E-state index in [1.54, 1.807) is 4.57 Å². The van der Waals surface area contributed by atoms with Crippen LogP contribution in [0.2, 0.25) is 0 Å². The molecule has 1 aliphatic rings. The molecule has 114 valence electrons. The van der Waals surface area contributed by atoms with Crippen LogP contribution in [0.5, 0.6) is 0 Å². The summed E-state index contributed by atoms with van der Waals surface area (Å²) in [5.41, 5.74) is 2.37. The van der Waals surface area contributed by atoms with Crippen LogP contribution in [-0.2, 0) is 6.54 Å². The van der Waals surface area contributed by atoms with Crippen LogP contribution in [0.15, 0.2) is 40.1 Å². The summed E-state index contributed by atoms with van der Waals surface area (Å²) in [6.07, 6.45) is 6.79. The molecule has 0 amide bonds. The summed E-state index contributed by atoms with van der Waals surface area (Å²) in [5, 5.41) is 0. The molecule has 3 rings (SSSR count). The summed E-state index contributed by atoms with van der Waals surface area (Å²) in [7, 11) is 4.05. The highest BCUT2D eigenvalue weighted by Crippen LogP contribution is 2.13. The first kappa shape index (κ1) is 14.8. The largest absolute Gasteiger partial charge is 0.378 e. The van der Waals surface area contributed by atoms with E-state index in [-0.39, 0.29) is 5.56 Å². The average Bonchev–Trinajstić information content (AvgIpc) is 2.85. The lowest BCUT2D eigenvalue weighted by molar-refractivity contribution is 0.573. The average molecular weight is 313 g/mol. The summed E-state index contributed by atoms with van der Waals surface area (Å²) in [6, 6.07) is 8.30. The van der Waals surface area contributed by atoms with Crippen LogP contribution in [0.1, 0.15) is 12.0 Å². The molecular weight excluding hydrogens is 294 g/mol. The summed E-state index contributed by atoms with van der Waals surface area (Å²) < 4.78 is 2.53. The number of benzene rings is 1. The van der Waals surface area contributed by atoms with E-state index in [1.807, 2.05) is 32.3 Å². The van der Waals surface area contributed by atoms with Gasteiger partial charge < -0.3 is 4.90 Å². The van der Waals surface area contributed by atoms with Gasteiger partial charge in [0.2, 0.25) is 0 Å². The fourth-order valence-corrected chi connectivity index (χ4v) is 3.35. The van der Waals surface area contributed by atoms with E-state index in [9.17, 15) is 4.79 Å². The highest BCUT2D eigenvalue weighted by atomic mass is 32.1. The van der Waals surface area contributed by atoms with Crippen LogP contribution in [0.4, 0.5) is 5.69 Å². The monoisotopic (exact) mass is 313 g/mol. The van der Waals surface area contributed by atoms with E-state index in [4.69, 9.17) is 0 Å². The minimum Gasteiger partial charge on any atom is -0.378 e. The predicted octanol–water partition coefficient (Wildman–Crippen LogP) is 1.49. The Morgan fingerprint density at radius 3 is 2.73 bits per heavy atom. The van der Waals surface area contributed by atoms with Crippen molar-refractivity contribution < 1.29 is 0 Å². The molecule has 1 aromatic heterocycles. The van der Waals surface area contributed by atoms with Gasteiger partial charge in [0.1, 0.15) is 0 Å². The van der Waals surface area contributed by atoms with Crippen molar-refractivity contribution in [3.05, 3.63) is 55.6 Å². The van der Waals surface area contributed by atoms with E-state index >= 15 is 0 Å². The van der Waals surface area contributed by atoms with Crippen molar-refractivity contribution in [3.8, 4) is 0 Å². The van der Waals surface area contributed by atoms with Gasteiger partial charge in [-0.1, -0.05) is 35.6 Å². The number of allylic oxidation sites excluding steroid dienone is 1. The van der Waals surface area contributed by atoms with Crippen molar-refractivity contribution in [1.29, 1.82) is 0 Å². The third-order valence-corrected chi connectivity index (χ3v) is 4.68. The second-order valence-corrected chi connectivity index (χ2v) is 6.46. The van der Waals surface area contributed by atoms with Gasteiger partial charge in [0, 0.05) is 32.9 Å². The van der Waals surface area contributed by atoms with Gasteiger partial charge in [-0.15, -0.1) is 0 Å². The molecule has 0 aliphatic carbocycles. The zero-order chi connectivity index (χ0) is 15.5. The zero-order valence-electron chi connectivity index (χ0n) is 12.8. The number of anilines is 1. The minimum atomic E-state index is 0.0797. The topological polar surface area (TPSA) is 37.6 Å². The normalized spacial score (nSPS) is 14.9. The molecule has 0 atom stereocenters. The van der Waals surface area contributed by atoms with Crippen LogP contribution in [0.25, 0.3) is 12.2 Å². The number of nitrogens with zero attached hydrogens (tertiary/aromatic N) is 3. The lowest BCUT2D eigenvalue weighted by Gasteiger charge is -2.11. The van der Waals surface area contributed by atoms with Crippen molar-refractivity contribution in [2.75, 3.05) is 25.5 Å². The molecular formula is C17H19N3OS. The quantitative estimate of drug-likeness (QED) is 0.861. The molecule has 0 bridgehead atoms. The van der Waals surface area contributed by atoms with Crippen molar-refractivity contribution >= 4 is 29.2 Å². The highest BCUT2D eigenvalue weighted by molar-refractivity contribution is 7.07. The highest BCUT2D eigenvalue weighted by Gasteiger charge is 2.07. The Morgan fingerprint density at radius 1 is 1.27 bits per heavy atom. The molecule has 0 unspecified atom stereocenters. The van der Waals surface area contributed by atoms with Crippen LogP contribution >= 0.6 is 11.3 Å². The van der Waals surface area contributed by atoms with Crippen molar-refractivity contribution in [2.45, 2.75) is 13.0 Å². The SMILES string of the molecule is CN(C)c1ccc(/C=C/C=c2/sc3n(c2=O)CCCN=3)cc1. The molecule has 0 spiro atoms. The van der Waals surface area contributed by atoms with Crippen molar-refractivity contribution in [3.63, 3.8) is 0 Å². The standard InChI is InChI=1S/C17H19N3OS/c1-19(2)14-9-7-13(8-10-14)5-3-6-15-16(21)20-12-4-11-18-17(20)22-15/h3,5-10H,4,11-12H2,1-2H3/b5-3+,15-6+. The maximum Gasteiger partial charge on any atom is 0.270 e. The lowest BCUT2D eigenvalue weighted by Crippen LogP contribution is -2.33. The second kappa shape index (κ2) is 6.32. The molecule has 0 fully saturated rings. The zero-order valence-corrected chi connectivity index (χ0v) is 13.6. The number of hydrogen-bond acceptors (Lipinski definition) is 4. The summed E-state index contributed by atoms with van der Waals surface area (Å²) in [4.78, 5) is 19.5. The summed E-state index contributed by atoms with van der Waals surface area (Å²) in [6.45, 7) is 1.62. The van der Waals surface area contributed by atoms with Crippen LogP contribution in [0, 0.1) is 0 Å². The van der Waals surface area contributed by atoms with Gasteiger partial charge >= 0.3 is 0 Å². The van der Waals surface area contributed by atoms with Gasteiger partial charge in [-0.3, -0.25) is 14.4 Å². The molecule has 2 aromatic rings. The molecule has 0 saturated carbocycles. The molecule has 0 saturated heterocycles. The molecule has 2 heterocycles. The fourth-order valence-electron chi connectivity index (χ4n) is 2.37. The first-order chi connectivity index (χ1) is 10.6. The van der Waals surface area contributed by atoms with E-state index in [2.05, 4.69) is 34.2 Å². The number of thiazole rings is 1. The fraction of sp³-hybridized carbons (Fsp3) is 0.294. The minimum absolute atomic E-state index is 0.0797. The Bertz CT molecular complexity index is 857. The third kappa shape index (κ3) is 3.04. The second-order valence-electron chi connectivity index (χ2n) is 5.45. The predicted molar refractivity (Wildman–Crippen MR) is 93.1 cm³/mol. The van der Waals surface area contributed by atoms with E-state index in [0.717, 1.165) is 34.4 Å². The van der Waals surface area contributed by atoms with E-state index in [1.165, 1.54) is 17.0 Å². The Hall–Kier alpha value is -2.14. The molecule has 5 heteroatoms. The van der Waals surface area contributed by atoms with E-state index < -0.39 is 0 Å². The van der Waals surface area contributed by atoms with E-state index in [0.29, 0.717) is 0 Å². The van der Waals surface area contributed by atoms with Gasteiger partial charge in [-0.2, -0.15) is 0 Å². The molecule has 0 N–H and O–H groups in total. The van der Waals surface area contributed by atoms with Gasteiger partial charge in [0.25, 0.3) is 5.56 Å². The maximum atomic E-state index is 12.2.